The SMILES string of the molecule is C=C(C)[C@H]1CC=C(C)/C(=N/NC(=O)COc2ccc(C(C)(C)C)cc2Br)C1. The lowest BCUT2D eigenvalue weighted by Crippen LogP contribution is -2.27. The van der Waals surface area contributed by atoms with Gasteiger partial charge in [0.2, 0.25) is 0 Å². The molecule has 0 saturated heterocycles. The number of halogens is 1. The molecular formula is C22H29BrN2O2. The number of ether oxygens (including phenoxy) is 1. The van der Waals surface area contributed by atoms with E-state index >= 15 is 0 Å². The van der Waals surface area contributed by atoms with Crippen LogP contribution in [0.5, 0.6) is 5.75 Å². The van der Waals surface area contributed by atoms with Crippen LogP contribution in [0.1, 0.15) is 53.0 Å². The summed E-state index contributed by atoms with van der Waals surface area (Å²) in [5.41, 5.74) is 7.01. The Bertz CT molecular complexity index is 788. The van der Waals surface area contributed by atoms with Crippen LogP contribution in [0.2, 0.25) is 0 Å². The van der Waals surface area contributed by atoms with Gasteiger partial charge in [-0.15, -0.1) is 0 Å². The number of hydrogen-bond donors (Lipinski definition) is 1. The topological polar surface area (TPSA) is 50.7 Å². The molecule has 1 atom stereocenters. The summed E-state index contributed by atoms with van der Waals surface area (Å²) in [7, 11) is 0. The van der Waals surface area contributed by atoms with E-state index in [-0.39, 0.29) is 17.9 Å². The molecule has 0 radical (unpaired) electrons. The first-order valence-electron chi connectivity index (χ1n) is 9.18. The summed E-state index contributed by atoms with van der Waals surface area (Å²) in [6.07, 6.45) is 3.94. The number of carbonyl (C=O) groups excluding carboxylic acids is 1. The molecule has 0 saturated carbocycles. The van der Waals surface area contributed by atoms with E-state index in [9.17, 15) is 4.79 Å². The van der Waals surface area contributed by atoms with Gasteiger partial charge < -0.3 is 4.74 Å². The van der Waals surface area contributed by atoms with Crippen LogP contribution in [0.25, 0.3) is 0 Å². The average Bonchev–Trinajstić information content (AvgIpc) is 2.58. The molecule has 0 heterocycles. The van der Waals surface area contributed by atoms with Crippen molar-refractivity contribution in [1.29, 1.82) is 0 Å². The molecule has 0 unspecified atom stereocenters. The molecule has 1 aliphatic carbocycles. The minimum atomic E-state index is -0.278. The van der Waals surface area contributed by atoms with Gasteiger partial charge in [0.25, 0.3) is 5.91 Å². The fourth-order valence-electron chi connectivity index (χ4n) is 2.81. The molecule has 1 aromatic rings. The minimum Gasteiger partial charge on any atom is -0.483 e. The molecule has 146 valence electrons. The number of allylic oxidation sites excluding steroid dienone is 3. The molecular weight excluding hydrogens is 404 g/mol. The monoisotopic (exact) mass is 432 g/mol. The van der Waals surface area contributed by atoms with Crippen LogP contribution in [0.15, 0.2) is 51.6 Å². The van der Waals surface area contributed by atoms with Gasteiger partial charge in [-0.05, 0) is 77.2 Å². The van der Waals surface area contributed by atoms with Crippen LogP contribution in [-0.4, -0.2) is 18.2 Å². The van der Waals surface area contributed by atoms with Crippen molar-refractivity contribution in [3.05, 3.63) is 52.0 Å². The molecule has 0 bridgehead atoms. The second kappa shape index (κ2) is 8.87. The molecule has 2 rings (SSSR count). The molecule has 5 heteroatoms. The Balaban J connectivity index is 1.94. The lowest BCUT2D eigenvalue weighted by molar-refractivity contribution is -0.123. The number of nitrogens with one attached hydrogen (secondary N) is 1. The summed E-state index contributed by atoms with van der Waals surface area (Å²) in [6, 6.07) is 5.93. The van der Waals surface area contributed by atoms with Crippen molar-refractivity contribution in [2.75, 3.05) is 6.61 Å². The first kappa shape index (κ1) is 21.4. The summed E-state index contributed by atoms with van der Waals surface area (Å²) in [4.78, 5) is 12.1. The van der Waals surface area contributed by atoms with E-state index < -0.39 is 0 Å². The third-order valence-corrected chi connectivity index (χ3v) is 5.39. The van der Waals surface area contributed by atoms with Gasteiger partial charge in [-0.25, -0.2) is 5.43 Å². The predicted octanol–water partition coefficient (Wildman–Crippen LogP) is 5.53. The van der Waals surface area contributed by atoms with E-state index in [0.717, 1.165) is 34.2 Å². The van der Waals surface area contributed by atoms with Crippen molar-refractivity contribution in [3.63, 3.8) is 0 Å². The van der Waals surface area contributed by atoms with Gasteiger partial charge in [0.15, 0.2) is 6.61 Å². The Morgan fingerprint density at radius 3 is 2.70 bits per heavy atom. The summed E-state index contributed by atoms with van der Waals surface area (Å²) in [6.45, 7) is 14.5. The molecule has 4 nitrogen and oxygen atoms in total. The first-order chi connectivity index (χ1) is 12.6. The van der Waals surface area contributed by atoms with Crippen molar-refractivity contribution in [2.24, 2.45) is 11.0 Å². The predicted molar refractivity (Wildman–Crippen MR) is 115 cm³/mol. The zero-order chi connectivity index (χ0) is 20.2. The fourth-order valence-corrected chi connectivity index (χ4v) is 3.31. The number of carbonyl (C=O) groups is 1. The molecule has 1 aliphatic rings. The van der Waals surface area contributed by atoms with E-state index in [2.05, 4.69) is 59.9 Å². The van der Waals surface area contributed by atoms with Gasteiger partial charge in [-0.2, -0.15) is 5.10 Å². The molecule has 27 heavy (non-hydrogen) atoms. The van der Waals surface area contributed by atoms with Crippen LogP contribution in [0.3, 0.4) is 0 Å². The standard InChI is InChI=1S/C22H29BrN2O2/c1-14(2)16-8-7-15(3)19(11-16)24-25-21(26)13-27-20-10-9-17(12-18(20)23)22(4,5)6/h7,9-10,12,16H,1,8,11,13H2,2-6H3,(H,25,26)/b24-19+/t16-/m0/s1. The van der Waals surface area contributed by atoms with Gasteiger partial charge in [0.05, 0.1) is 10.2 Å². The molecule has 1 aromatic carbocycles. The first-order valence-corrected chi connectivity index (χ1v) is 9.98. The van der Waals surface area contributed by atoms with E-state index in [1.165, 1.54) is 5.56 Å². The number of rotatable bonds is 5. The zero-order valence-corrected chi connectivity index (χ0v) is 18.4. The van der Waals surface area contributed by atoms with Crippen molar-refractivity contribution in [3.8, 4) is 5.75 Å². The number of nitrogens with zero attached hydrogens (tertiary/aromatic N) is 1. The molecule has 1 N–H and O–H groups in total. The molecule has 0 spiro atoms. The van der Waals surface area contributed by atoms with Gasteiger partial charge in [0.1, 0.15) is 5.75 Å². The van der Waals surface area contributed by atoms with Crippen molar-refractivity contribution >= 4 is 27.5 Å². The third-order valence-electron chi connectivity index (χ3n) is 4.77. The fraction of sp³-hybridized carbons (Fsp3) is 0.455. The molecule has 0 fully saturated rings. The smallest absolute Gasteiger partial charge is 0.277 e. The van der Waals surface area contributed by atoms with Gasteiger partial charge in [-0.3, -0.25) is 4.79 Å². The Hall–Kier alpha value is -1.88. The maximum absolute atomic E-state index is 12.1. The highest BCUT2D eigenvalue weighted by Crippen LogP contribution is 2.31. The summed E-state index contributed by atoms with van der Waals surface area (Å²) >= 11 is 3.52. The summed E-state index contributed by atoms with van der Waals surface area (Å²) < 4.78 is 6.47. The Labute approximate surface area is 170 Å². The van der Waals surface area contributed by atoms with Gasteiger partial charge in [-0.1, -0.05) is 45.1 Å². The average molecular weight is 433 g/mol. The van der Waals surface area contributed by atoms with Crippen LogP contribution < -0.4 is 10.2 Å². The second-order valence-electron chi connectivity index (χ2n) is 8.15. The quantitative estimate of drug-likeness (QED) is 0.490. The summed E-state index contributed by atoms with van der Waals surface area (Å²) in [5, 5.41) is 4.29. The molecule has 1 amide bonds. The van der Waals surface area contributed by atoms with E-state index in [1.807, 2.05) is 32.0 Å². The highest BCUT2D eigenvalue weighted by atomic mass is 79.9. The van der Waals surface area contributed by atoms with Gasteiger partial charge >= 0.3 is 0 Å². The molecule has 0 aliphatic heterocycles. The van der Waals surface area contributed by atoms with E-state index in [1.54, 1.807) is 0 Å². The second-order valence-corrected chi connectivity index (χ2v) is 9.00. The zero-order valence-electron chi connectivity index (χ0n) is 16.9. The maximum atomic E-state index is 12.1. The molecule has 0 aromatic heterocycles. The number of hydrazone groups is 1. The van der Waals surface area contributed by atoms with E-state index in [4.69, 9.17) is 4.74 Å². The van der Waals surface area contributed by atoms with Gasteiger partial charge in [0, 0.05) is 0 Å². The van der Waals surface area contributed by atoms with Crippen molar-refractivity contribution in [1.82, 2.24) is 5.43 Å². The third kappa shape index (κ3) is 6.06. The number of amides is 1. The minimum absolute atomic E-state index is 0.0571. The van der Waals surface area contributed by atoms with Crippen LogP contribution in [-0.2, 0) is 10.2 Å². The number of benzene rings is 1. The lowest BCUT2D eigenvalue weighted by Gasteiger charge is -2.22. The van der Waals surface area contributed by atoms with Crippen molar-refractivity contribution in [2.45, 2.75) is 52.9 Å². The summed E-state index contributed by atoms with van der Waals surface area (Å²) in [5.74, 6) is 0.749. The largest absolute Gasteiger partial charge is 0.483 e. The Morgan fingerprint density at radius 1 is 1.41 bits per heavy atom. The highest BCUT2D eigenvalue weighted by molar-refractivity contribution is 9.10. The normalized spacial score (nSPS) is 18.8. The maximum Gasteiger partial charge on any atom is 0.277 e. The van der Waals surface area contributed by atoms with Crippen LogP contribution in [0, 0.1) is 5.92 Å². The number of hydrogen-bond acceptors (Lipinski definition) is 3. The van der Waals surface area contributed by atoms with Crippen molar-refractivity contribution < 1.29 is 9.53 Å². The van der Waals surface area contributed by atoms with Crippen LogP contribution >= 0.6 is 15.9 Å². The lowest BCUT2D eigenvalue weighted by atomic mass is 9.85. The highest BCUT2D eigenvalue weighted by Gasteiger charge is 2.19. The Kier molecular flexibility index (Phi) is 7.04. The van der Waals surface area contributed by atoms with E-state index in [0.29, 0.717) is 11.7 Å². The Morgan fingerprint density at radius 2 is 2.11 bits per heavy atom. The van der Waals surface area contributed by atoms with Crippen LogP contribution in [0.4, 0.5) is 0 Å².